The van der Waals surface area contributed by atoms with Crippen molar-refractivity contribution in [3.05, 3.63) is 65.2 Å². The van der Waals surface area contributed by atoms with Gasteiger partial charge in [0.05, 0.1) is 6.61 Å². The fourth-order valence-corrected chi connectivity index (χ4v) is 2.58. The van der Waals surface area contributed by atoms with Gasteiger partial charge in [-0.15, -0.1) is 0 Å². The Hall–Kier alpha value is -2.89. The van der Waals surface area contributed by atoms with Crippen LogP contribution in [0.4, 0.5) is 8.78 Å². The zero-order valence-electron chi connectivity index (χ0n) is 13.4. The molecule has 0 radical (unpaired) electrons. The molecule has 4 nitrogen and oxygen atoms in total. The number of para-hydroxylation sites is 1. The molecule has 1 aliphatic rings. The monoisotopic (exact) mass is 345 g/mol. The van der Waals surface area contributed by atoms with E-state index in [9.17, 15) is 13.6 Å². The summed E-state index contributed by atoms with van der Waals surface area (Å²) in [6.07, 6.45) is 3.98. The normalized spacial score (nSPS) is 12.9. The Kier molecular flexibility index (Phi) is 5.28. The van der Waals surface area contributed by atoms with Gasteiger partial charge in [0.15, 0.2) is 0 Å². The Balaban J connectivity index is 1.58. The first-order chi connectivity index (χ1) is 12.1. The number of alkyl halides is 2. The van der Waals surface area contributed by atoms with E-state index in [0.29, 0.717) is 12.2 Å². The Bertz CT molecular complexity index is 790. The van der Waals surface area contributed by atoms with Crippen LogP contribution in [0, 0.1) is 0 Å². The smallest absolute Gasteiger partial charge is 0.387 e. The third kappa shape index (κ3) is 4.56. The number of ether oxygens (including phenoxy) is 2. The lowest BCUT2D eigenvalue weighted by Crippen LogP contribution is -2.21. The van der Waals surface area contributed by atoms with Crippen molar-refractivity contribution in [2.24, 2.45) is 0 Å². The first kappa shape index (κ1) is 17.0. The summed E-state index contributed by atoms with van der Waals surface area (Å²) in [5.41, 5.74) is 2.51. The average molecular weight is 345 g/mol. The molecule has 1 N–H and O–H groups in total. The molecular weight excluding hydrogens is 328 g/mol. The molecule has 0 bridgehead atoms. The Labute approximate surface area is 144 Å². The summed E-state index contributed by atoms with van der Waals surface area (Å²) in [6.45, 7) is -2.12. The van der Waals surface area contributed by atoms with Gasteiger partial charge >= 0.3 is 6.61 Å². The first-order valence-electron chi connectivity index (χ1n) is 7.86. The van der Waals surface area contributed by atoms with Crippen molar-refractivity contribution in [3.8, 4) is 11.5 Å². The number of halogens is 2. The number of nitrogens with one attached hydrogen (secondary N) is 1. The highest BCUT2D eigenvalue weighted by Gasteiger charge is 2.11. The van der Waals surface area contributed by atoms with E-state index >= 15 is 0 Å². The Morgan fingerprint density at radius 1 is 1.28 bits per heavy atom. The molecule has 0 unspecified atom stereocenters. The van der Waals surface area contributed by atoms with Crippen LogP contribution >= 0.6 is 0 Å². The first-order valence-corrected chi connectivity index (χ1v) is 7.86. The van der Waals surface area contributed by atoms with Crippen LogP contribution in [0.2, 0.25) is 0 Å². The summed E-state index contributed by atoms with van der Waals surface area (Å²) in [5.74, 6) is 0.626. The number of carbonyl (C=O) groups is 1. The molecule has 0 spiro atoms. The SMILES string of the molecule is O=C(/C=C/c1ccc2c(c1)CCO2)NCc1ccccc1OC(F)F. The number of benzene rings is 2. The summed E-state index contributed by atoms with van der Waals surface area (Å²) in [4.78, 5) is 11.9. The fraction of sp³-hybridized carbons (Fsp3) is 0.211. The molecular formula is C19H17F2NO3. The van der Waals surface area contributed by atoms with Gasteiger partial charge in [-0.05, 0) is 35.4 Å². The van der Waals surface area contributed by atoms with Crippen molar-refractivity contribution >= 4 is 12.0 Å². The third-order valence-corrected chi connectivity index (χ3v) is 3.78. The highest BCUT2D eigenvalue weighted by molar-refractivity contribution is 5.91. The zero-order chi connectivity index (χ0) is 17.6. The highest BCUT2D eigenvalue weighted by Crippen LogP contribution is 2.26. The van der Waals surface area contributed by atoms with Crippen molar-refractivity contribution in [1.82, 2.24) is 5.32 Å². The number of rotatable bonds is 6. The van der Waals surface area contributed by atoms with Gasteiger partial charge in [0, 0.05) is 24.6 Å². The summed E-state index contributed by atoms with van der Waals surface area (Å²) in [5, 5.41) is 2.66. The number of carbonyl (C=O) groups excluding carboxylic acids is 1. The Morgan fingerprint density at radius 3 is 2.96 bits per heavy atom. The lowest BCUT2D eigenvalue weighted by Gasteiger charge is -2.10. The van der Waals surface area contributed by atoms with Gasteiger partial charge < -0.3 is 14.8 Å². The minimum Gasteiger partial charge on any atom is -0.493 e. The van der Waals surface area contributed by atoms with E-state index in [-0.39, 0.29) is 18.2 Å². The average Bonchev–Trinajstić information content (AvgIpc) is 3.06. The van der Waals surface area contributed by atoms with Crippen LogP contribution in [0.3, 0.4) is 0 Å². The standard InChI is InChI=1S/C19H17F2NO3/c20-19(21)25-17-4-2-1-3-15(17)12-22-18(23)8-6-13-5-7-16-14(11-13)9-10-24-16/h1-8,11,19H,9-10,12H2,(H,22,23)/b8-6+. The van der Waals surface area contributed by atoms with Crippen molar-refractivity contribution in [3.63, 3.8) is 0 Å². The van der Waals surface area contributed by atoms with Crippen molar-refractivity contribution in [1.29, 1.82) is 0 Å². The van der Waals surface area contributed by atoms with Crippen LogP contribution in [0.15, 0.2) is 48.5 Å². The number of hydrogen-bond donors (Lipinski definition) is 1. The van der Waals surface area contributed by atoms with Crippen LogP contribution in [0.5, 0.6) is 11.5 Å². The van der Waals surface area contributed by atoms with Crippen molar-refractivity contribution in [2.75, 3.05) is 6.61 Å². The summed E-state index contributed by atoms with van der Waals surface area (Å²) >= 11 is 0. The molecule has 1 heterocycles. The molecule has 0 saturated carbocycles. The molecule has 25 heavy (non-hydrogen) atoms. The zero-order valence-corrected chi connectivity index (χ0v) is 13.4. The molecule has 1 aliphatic heterocycles. The molecule has 0 aliphatic carbocycles. The Morgan fingerprint density at radius 2 is 2.12 bits per heavy atom. The molecule has 0 atom stereocenters. The van der Waals surface area contributed by atoms with Crippen LogP contribution in [-0.4, -0.2) is 19.1 Å². The number of hydrogen-bond acceptors (Lipinski definition) is 3. The third-order valence-electron chi connectivity index (χ3n) is 3.78. The van der Waals surface area contributed by atoms with Gasteiger partial charge in [-0.2, -0.15) is 8.78 Å². The second kappa shape index (κ2) is 7.79. The highest BCUT2D eigenvalue weighted by atomic mass is 19.3. The summed E-state index contributed by atoms with van der Waals surface area (Å²) < 4.78 is 34.6. The maximum absolute atomic E-state index is 12.4. The van der Waals surface area contributed by atoms with Gasteiger partial charge in [-0.1, -0.05) is 24.3 Å². The molecule has 2 aromatic carbocycles. The number of fused-ring (bicyclic) bond motifs is 1. The van der Waals surface area contributed by atoms with E-state index in [1.165, 1.54) is 12.1 Å². The summed E-state index contributed by atoms with van der Waals surface area (Å²) in [6, 6.07) is 12.1. The van der Waals surface area contributed by atoms with Crippen molar-refractivity contribution in [2.45, 2.75) is 19.6 Å². The van der Waals surface area contributed by atoms with Gasteiger partial charge in [0.2, 0.25) is 5.91 Å². The van der Waals surface area contributed by atoms with Crippen LogP contribution in [0.25, 0.3) is 6.08 Å². The molecule has 2 aromatic rings. The van der Waals surface area contributed by atoms with Crippen molar-refractivity contribution < 1.29 is 23.0 Å². The summed E-state index contributed by atoms with van der Waals surface area (Å²) in [7, 11) is 0. The van der Waals surface area contributed by atoms with Gasteiger partial charge in [-0.3, -0.25) is 4.79 Å². The van der Waals surface area contributed by atoms with E-state index in [4.69, 9.17) is 4.74 Å². The van der Waals surface area contributed by atoms with E-state index in [0.717, 1.165) is 23.3 Å². The molecule has 130 valence electrons. The molecule has 0 aromatic heterocycles. The number of amides is 1. The van der Waals surface area contributed by atoms with Gasteiger partial charge in [0.1, 0.15) is 11.5 Å². The van der Waals surface area contributed by atoms with Crippen LogP contribution in [0.1, 0.15) is 16.7 Å². The predicted octanol–water partition coefficient (Wildman–Crippen LogP) is 3.55. The van der Waals surface area contributed by atoms with Crippen LogP contribution < -0.4 is 14.8 Å². The second-order valence-electron chi connectivity index (χ2n) is 5.50. The van der Waals surface area contributed by atoms with Crippen LogP contribution in [-0.2, 0) is 17.8 Å². The van der Waals surface area contributed by atoms with E-state index in [1.807, 2.05) is 18.2 Å². The topological polar surface area (TPSA) is 47.6 Å². The molecule has 6 heteroatoms. The minimum atomic E-state index is -2.90. The van der Waals surface area contributed by atoms with Gasteiger partial charge in [-0.25, -0.2) is 0 Å². The lowest BCUT2D eigenvalue weighted by atomic mass is 10.1. The van der Waals surface area contributed by atoms with Gasteiger partial charge in [0.25, 0.3) is 0 Å². The molecule has 0 fully saturated rings. The molecule has 3 rings (SSSR count). The minimum absolute atomic E-state index is 0.0559. The van der Waals surface area contributed by atoms with E-state index in [1.54, 1.807) is 24.3 Å². The predicted molar refractivity (Wildman–Crippen MR) is 89.6 cm³/mol. The fourth-order valence-electron chi connectivity index (χ4n) is 2.58. The quantitative estimate of drug-likeness (QED) is 0.815. The maximum atomic E-state index is 12.4. The van der Waals surface area contributed by atoms with E-state index < -0.39 is 6.61 Å². The van der Waals surface area contributed by atoms with E-state index in [2.05, 4.69) is 10.1 Å². The second-order valence-corrected chi connectivity index (χ2v) is 5.50. The maximum Gasteiger partial charge on any atom is 0.387 e. The molecule has 0 saturated heterocycles. The largest absolute Gasteiger partial charge is 0.493 e. The molecule has 1 amide bonds. The lowest BCUT2D eigenvalue weighted by molar-refractivity contribution is -0.116.